The van der Waals surface area contributed by atoms with E-state index in [4.69, 9.17) is 15.5 Å². The molecule has 2 saturated heterocycles. The highest BCUT2D eigenvalue weighted by atomic mass is 16.5. The zero-order valence-electron chi connectivity index (χ0n) is 16.8. The van der Waals surface area contributed by atoms with Crippen molar-refractivity contribution in [3.8, 4) is 0 Å². The zero-order valence-corrected chi connectivity index (χ0v) is 16.8. The number of benzene rings is 1. The minimum atomic E-state index is -0.447. The number of hydrogen-bond acceptors (Lipinski definition) is 5. The van der Waals surface area contributed by atoms with Gasteiger partial charge in [-0.05, 0) is 31.9 Å². The molecule has 0 spiro atoms. The van der Waals surface area contributed by atoms with Crippen LogP contribution in [0.2, 0.25) is 0 Å². The van der Waals surface area contributed by atoms with Crippen molar-refractivity contribution in [2.24, 2.45) is 5.73 Å². The van der Waals surface area contributed by atoms with E-state index < -0.39 is 5.91 Å². The normalized spacial score (nSPS) is 20.0. The molecule has 0 saturated carbocycles. The summed E-state index contributed by atoms with van der Waals surface area (Å²) in [4.78, 5) is 33.9. The van der Waals surface area contributed by atoms with Gasteiger partial charge in [0.05, 0.1) is 36.0 Å². The number of morpholine rings is 1. The fourth-order valence-electron chi connectivity index (χ4n) is 4.40. The van der Waals surface area contributed by atoms with Gasteiger partial charge in [-0.15, -0.1) is 0 Å². The van der Waals surface area contributed by atoms with Crippen molar-refractivity contribution < 1.29 is 14.3 Å². The first-order valence-electron chi connectivity index (χ1n) is 10.3. The van der Waals surface area contributed by atoms with E-state index in [2.05, 4.69) is 4.90 Å². The number of ether oxygens (including phenoxy) is 1. The summed E-state index contributed by atoms with van der Waals surface area (Å²) in [5, 5.41) is 0.914. The first-order chi connectivity index (χ1) is 14.0. The first-order valence-corrected chi connectivity index (χ1v) is 10.3. The molecule has 2 fully saturated rings. The molecule has 3 heterocycles. The number of pyridine rings is 1. The highest BCUT2D eigenvalue weighted by Gasteiger charge is 2.32. The molecule has 2 aliphatic heterocycles. The topological polar surface area (TPSA) is 88.8 Å². The number of amides is 2. The molecule has 1 aromatic heterocycles. The third kappa shape index (κ3) is 4.11. The Balaban J connectivity index is 1.47. The Labute approximate surface area is 170 Å². The van der Waals surface area contributed by atoms with E-state index >= 15 is 0 Å². The molecule has 1 aromatic carbocycles. The van der Waals surface area contributed by atoms with E-state index in [0.717, 1.165) is 42.5 Å². The van der Waals surface area contributed by atoms with Crippen LogP contribution in [0.5, 0.6) is 0 Å². The number of carbonyl (C=O) groups excluding carboxylic acids is 2. The molecule has 2 N–H and O–H groups in total. The summed E-state index contributed by atoms with van der Waals surface area (Å²) in [6, 6.07) is 9.47. The van der Waals surface area contributed by atoms with Gasteiger partial charge in [-0.25, -0.2) is 0 Å². The van der Waals surface area contributed by atoms with Gasteiger partial charge in [0.15, 0.2) is 0 Å². The van der Waals surface area contributed by atoms with E-state index in [1.807, 2.05) is 42.2 Å². The maximum Gasteiger partial charge on any atom is 0.250 e. The smallest absolute Gasteiger partial charge is 0.250 e. The lowest BCUT2D eigenvalue weighted by molar-refractivity contribution is -0.139. The van der Waals surface area contributed by atoms with Gasteiger partial charge in [-0.2, -0.15) is 0 Å². The van der Waals surface area contributed by atoms with Crippen molar-refractivity contribution >= 4 is 22.7 Å². The minimum Gasteiger partial charge on any atom is -0.379 e. The number of likely N-dealkylation sites (tertiary alicyclic amines) is 1. The van der Waals surface area contributed by atoms with E-state index in [-0.39, 0.29) is 17.9 Å². The number of aromatic nitrogens is 1. The minimum absolute atomic E-state index is 0.129. The predicted octanol–water partition coefficient (Wildman–Crippen LogP) is 1.76. The maximum atomic E-state index is 12.9. The number of nitrogens with zero attached hydrogens (tertiary/aromatic N) is 3. The van der Waals surface area contributed by atoms with Crippen LogP contribution in [0, 0.1) is 0 Å². The van der Waals surface area contributed by atoms with Crippen LogP contribution < -0.4 is 5.73 Å². The summed E-state index contributed by atoms with van der Waals surface area (Å²) >= 11 is 0. The molecular formula is C22H28N4O3. The van der Waals surface area contributed by atoms with E-state index in [1.54, 1.807) is 0 Å². The van der Waals surface area contributed by atoms with Crippen LogP contribution >= 0.6 is 0 Å². The van der Waals surface area contributed by atoms with E-state index in [1.165, 1.54) is 0 Å². The van der Waals surface area contributed by atoms with Gasteiger partial charge >= 0.3 is 0 Å². The lowest BCUT2D eigenvalue weighted by atomic mass is 9.89. The zero-order chi connectivity index (χ0) is 20.4. The number of fused-ring (bicyclic) bond motifs is 1. The molecule has 0 radical (unpaired) electrons. The summed E-state index contributed by atoms with van der Waals surface area (Å²) in [6.07, 6.45) is 1.57. The quantitative estimate of drug-likeness (QED) is 0.851. The summed E-state index contributed by atoms with van der Waals surface area (Å²) < 4.78 is 5.39. The average Bonchev–Trinajstić information content (AvgIpc) is 2.78. The molecule has 2 aliphatic rings. The monoisotopic (exact) mass is 396 g/mol. The lowest BCUT2D eigenvalue weighted by Crippen LogP contribution is -2.52. The second kappa shape index (κ2) is 8.47. The first kappa shape index (κ1) is 19.8. The molecule has 1 atom stereocenters. The molecule has 2 aromatic rings. The number of carbonyl (C=O) groups is 2. The molecule has 4 rings (SSSR count). The summed E-state index contributed by atoms with van der Waals surface area (Å²) in [7, 11) is 0. The van der Waals surface area contributed by atoms with Crippen LogP contribution in [0.4, 0.5) is 0 Å². The van der Waals surface area contributed by atoms with Gasteiger partial charge < -0.3 is 15.4 Å². The molecule has 29 heavy (non-hydrogen) atoms. The van der Waals surface area contributed by atoms with Crippen molar-refractivity contribution in [1.82, 2.24) is 14.8 Å². The van der Waals surface area contributed by atoms with Crippen molar-refractivity contribution in [2.45, 2.75) is 31.7 Å². The Morgan fingerprint density at radius 3 is 2.52 bits per heavy atom. The van der Waals surface area contributed by atoms with Gasteiger partial charge in [0.25, 0.3) is 5.91 Å². The van der Waals surface area contributed by atoms with Crippen molar-refractivity contribution in [2.75, 3.05) is 39.4 Å². The number of hydrogen-bond donors (Lipinski definition) is 1. The number of primary amides is 1. The summed E-state index contributed by atoms with van der Waals surface area (Å²) in [5.41, 5.74) is 7.78. The van der Waals surface area contributed by atoms with Gasteiger partial charge in [-0.1, -0.05) is 18.2 Å². The van der Waals surface area contributed by atoms with Crippen LogP contribution in [0.1, 0.15) is 41.7 Å². The predicted molar refractivity (Wildman–Crippen MR) is 111 cm³/mol. The Morgan fingerprint density at radius 1 is 1.14 bits per heavy atom. The SMILES string of the molecule is CC(C(=O)N1CCC(c2nc3ccccc3cc2C(N)=O)CC1)N1CCOCC1. The summed E-state index contributed by atoms with van der Waals surface area (Å²) in [5.74, 6) is -0.144. The average molecular weight is 396 g/mol. The van der Waals surface area contributed by atoms with E-state index in [0.29, 0.717) is 31.9 Å². The van der Waals surface area contributed by atoms with Crippen LogP contribution in [-0.2, 0) is 9.53 Å². The maximum absolute atomic E-state index is 12.9. The number of para-hydroxylation sites is 1. The number of nitrogens with two attached hydrogens (primary N) is 1. The third-order valence-electron chi connectivity index (χ3n) is 6.16. The molecule has 2 amide bonds. The molecule has 7 heteroatoms. The Bertz CT molecular complexity index is 902. The van der Waals surface area contributed by atoms with E-state index in [9.17, 15) is 9.59 Å². The fraction of sp³-hybridized carbons (Fsp3) is 0.500. The molecule has 0 bridgehead atoms. The summed E-state index contributed by atoms with van der Waals surface area (Å²) in [6.45, 7) is 6.29. The van der Waals surface area contributed by atoms with Crippen molar-refractivity contribution in [1.29, 1.82) is 0 Å². The molecule has 154 valence electrons. The Hall–Kier alpha value is -2.51. The largest absolute Gasteiger partial charge is 0.379 e. The molecule has 1 unspecified atom stereocenters. The molecule has 7 nitrogen and oxygen atoms in total. The molecular weight excluding hydrogens is 368 g/mol. The Morgan fingerprint density at radius 2 is 1.83 bits per heavy atom. The van der Waals surface area contributed by atoms with Gasteiger partial charge in [0.1, 0.15) is 0 Å². The second-order valence-corrected chi connectivity index (χ2v) is 7.90. The van der Waals surface area contributed by atoms with Crippen LogP contribution in [0.15, 0.2) is 30.3 Å². The lowest BCUT2D eigenvalue weighted by Gasteiger charge is -2.37. The third-order valence-corrected chi connectivity index (χ3v) is 6.16. The number of piperidine rings is 1. The second-order valence-electron chi connectivity index (χ2n) is 7.90. The number of rotatable bonds is 4. The van der Waals surface area contributed by atoms with Gasteiger partial charge in [0.2, 0.25) is 5.91 Å². The van der Waals surface area contributed by atoms with Crippen LogP contribution in [-0.4, -0.2) is 72.0 Å². The Kier molecular flexibility index (Phi) is 5.78. The van der Waals surface area contributed by atoms with Crippen molar-refractivity contribution in [3.05, 3.63) is 41.6 Å². The van der Waals surface area contributed by atoms with Crippen molar-refractivity contribution in [3.63, 3.8) is 0 Å². The highest BCUT2D eigenvalue weighted by molar-refractivity contribution is 5.97. The fourth-order valence-corrected chi connectivity index (χ4v) is 4.40. The molecule has 0 aliphatic carbocycles. The highest BCUT2D eigenvalue weighted by Crippen LogP contribution is 2.31. The standard InChI is InChI=1S/C22H28N4O3/c1-15(25-10-12-29-13-11-25)22(28)26-8-6-16(7-9-26)20-18(21(23)27)14-17-4-2-3-5-19(17)24-20/h2-5,14-16H,6-13H2,1H3,(H2,23,27). The van der Waals surface area contributed by atoms with Gasteiger partial charge in [-0.3, -0.25) is 19.5 Å². The van der Waals surface area contributed by atoms with Crippen LogP contribution in [0.25, 0.3) is 10.9 Å². The van der Waals surface area contributed by atoms with Crippen LogP contribution in [0.3, 0.4) is 0 Å². The van der Waals surface area contributed by atoms with Gasteiger partial charge in [0, 0.05) is 37.5 Å².